The summed E-state index contributed by atoms with van der Waals surface area (Å²) in [6.45, 7) is 1.41. The predicted octanol–water partition coefficient (Wildman–Crippen LogP) is 3.68. The van der Waals surface area contributed by atoms with Crippen LogP contribution in [0.4, 0.5) is 0 Å². The molecule has 2 aromatic carbocycles. The van der Waals surface area contributed by atoms with E-state index in [0.717, 1.165) is 4.90 Å². The Balaban J connectivity index is 2.11. The Morgan fingerprint density at radius 3 is 2.56 bits per heavy atom. The minimum absolute atomic E-state index is 0.0282. The molecule has 0 atom stereocenters. The Hall–Kier alpha value is -1.94. The van der Waals surface area contributed by atoms with E-state index >= 15 is 0 Å². The van der Waals surface area contributed by atoms with Crippen LogP contribution in [0.25, 0.3) is 0 Å². The molecule has 92 valence electrons. The molecule has 4 heteroatoms. The topological polar surface area (TPSA) is 46.5 Å². The summed E-state index contributed by atoms with van der Waals surface area (Å²) < 4.78 is 5.49. The van der Waals surface area contributed by atoms with Crippen LogP contribution in [0.1, 0.15) is 17.3 Å². The van der Waals surface area contributed by atoms with Gasteiger partial charge >= 0.3 is 0 Å². The maximum Gasteiger partial charge on any atom is 0.163 e. The van der Waals surface area contributed by atoms with Crippen molar-refractivity contribution in [3.05, 3.63) is 54.1 Å². The molecule has 0 amide bonds. The Morgan fingerprint density at radius 2 is 1.89 bits per heavy atom. The van der Waals surface area contributed by atoms with Crippen molar-refractivity contribution >= 4 is 17.8 Å². The van der Waals surface area contributed by atoms with Gasteiger partial charge in [-0.05, 0) is 37.3 Å². The van der Waals surface area contributed by atoms with Crippen LogP contribution in [0.15, 0.2) is 53.4 Å². The summed E-state index contributed by atoms with van der Waals surface area (Å²) in [5.74, 6) is 0.314. The van der Waals surface area contributed by atoms with Crippen molar-refractivity contribution in [2.45, 2.75) is 11.8 Å². The number of aromatic hydroxyl groups is 1. The number of Topliss-reactive ketones (excluding diaryl/α,β-unsaturated/α-hetero) is 1. The molecule has 0 aliphatic heterocycles. The first kappa shape index (κ1) is 12.5. The van der Waals surface area contributed by atoms with Gasteiger partial charge in [0.15, 0.2) is 5.78 Å². The number of hydrogen-bond acceptors (Lipinski definition) is 4. The number of hydrogen-bond donors (Lipinski definition) is 1. The molecule has 0 bridgehead atoms. The first-order chi connectivity index (χ1) is 8.66. The summed E-state index contributed by atoms with van der Waals surface area (Å²) in [5.41, 5.74) is 0.265. The zero-order valence-electron chi connectivity index (χ0n) is 9.79. The fourth-order valence-corrected chi connectivity index (χ4v) is 1.99. The van der Waals surface area contributed by atoms with Gasteiger partial charge in [-0.3, -0.25) is 4.79 Å². The molecule has 0 aliphatic rings. The summed E-state index contributed by atoms with van der Waals surface area (Å²) in [5, 5.41) is 9.51. The molecular weight excluding hydrogens is 248 g/mol. The van der Waals surface area contributed by atoms with E-state index in [4.69, 9.17) is 4.18 Å². The second-order valence-electron chi connectivity index (χ2n) is 3.71. The van der Waals surface area contributed by atoms with Gasteiger partial charge in [0.1, 0.15) is 11.5 Å². The zero-order valence-corrected chi connectivity index (χ0v) is 10.6. The highest BCUT2D eigenvalue weighted by atomic mass is 32.2. The minimum atomic E-state index is -0.192. The largest absolute Gasteiger partial charge is 0.507 e. The van der Waals surface area contributed by atoms with Crippen LogP contribution < -0.4 is 4.18 Å². The van der Waals surface area contributed by atoms with Gasteiger partial charge in [-0.15, -0.1) is 0 Å². The maximum atomic E-state index is 11.3. The smallest absolute Gasteiger partial charge is 0.163 e. The SMILES string of the molecule is CC(=O)c1cc(OSc2ccccc2)ccc1O. The number of carbonyl (C=O) groups excluding carboxylic acids is 1. The lowest BCUT2D eigenvalue weighted by atomic mass is 10.1. The van der Waals surface area contributed by atoms with Crippen molar-refractivity contribution in [1.29, 1.82) is 0 Å². The number of phenols is 1. The van der Waals surface area contributed by atoms with Gasteiger partial charge in [-0.1, -0.05) is 18.2 Å². The van der Waals surface area contributed by atoms with Crippen molar-refractivity contribution in [1.82, 2.24) is 0 Å². The molecular formula is C14H12O3S. The van der Waals surface area contributed by atoms with Gasteiger partial charge < -0.3 is 9.29 Å². The number of benzene rings is 2. The van der Waals surface area contributed by atoms with Crippen LogP contribution in [-0.2, 0) is 0 Å². The molecule has 0 spiro atoms. The summed E-state index contributed by atoms with van der Waals surface area (Å²) in [7, 11) is 0. The highest BCUT2D eigenvalue weighted by Crippen LogP contribution is 2.28. The van der Waals surface area contributed by atoms with E-state index in [2.05, 4.69) is 0 Å². The highest BCUT2D eigenvalue weighted by molar-refractivity contribution is 7.95. The van der Waals surface area contributed by atoms with E-state index in [-0.39, 0.29) is 17.1 Å². The molecule has 2 aromatic rings. The first-order valence-electron chi connectivity index (χ1n) is 5.40. The molecule has 2 rings (SSSR count). The van der Waals surface area contributed by atoms with Crippen LogP contribution in [0.5, 0.6) is 11.5 Å². The van der Waals surface area contributed by atoms with Gasteiger partial charge in [0.05, 0.1) is 17.6 Å². The van der Waals surface area contributed by atoms with E-state index < -0.39 is 0 Å². The molecule has 0 radical (unpaired) electrons. The number of ketones is 1. The lowest BCUT2D eigenvalue weighted by molar-refractivity contribution is 0.101. The van der Waals surface area contributed by atoms with Crippen molar-refractivity contribution in [3.8, 4) is 11.5 Å². The summed E-state index contributed by atoms with van der Waals surface area (Å²) in [6.07, 6.45) is 0. The molecule has 0 saturated carbocycles. The quantitative estimate of drug-likeness (QED) is 0.673. The number of rotatable bonds is 4. The molecule has 1 N–H and O–H groups in total. The Morgan fingerprint density at radius 1 is 1.17 bits per heavy atom. The third kappa shape index (κ3) is 3.05. The predicted molar refractivity (Wildman–Crippen MR) is 71.0 cm³/mol. The molecule has 18 heavy (non-hydrogen) atoms. The maximum absolute atomic E-state index is 11.3. The number of phenolic OH excluding ortho intramolecular Hbond substituents is 1. The van der Waals surface area contributed by atoms with E-state index in [1.165, 1.54) is 31.1 Å². The Kier molecular flexibility index (Phi) is 3.89. The molecule has 0 aliphatic carbocycles. The van der Waals surface area contributed by atoms with Crippen molar-refractivity contribution in [2.75, 3.05) is 0 Å². The fraction of sp³-hybridized carbons (Fsp3) is 0.0714. The van der Waals surface area contributed by atoms with Gasteiger partial charge in [-0.25, -0.2) is 0 Å². The van der Waals surface area contributed by atoms with Gasteiger partial charge in [0, 0.05) is 4.90 Å². The van der Waals surface area contributed by atoms with Crippen LogP contribution in [0.2, 0.25) is 0 Å². The lowest BCUT2D eigenvalue weighted by Gasteiger charge is -2.06. The monoisotopic (exact) mass is 260 g/mol. The molecule has 3 nitrogen and oxygen atoms in total. The van der Waals surface area contributed by atoms with Gasteiger partial charge in [-0.2, -0.15) is 0 Å². The molecule has 0 unspecified atom stereocenters. The van der Waals surface area contributed by atoms with Crippen molar-refractivity contribution in [2.24, 2.45) is 0 Å². The average molecular weight is 260 g/mol. The molecule has 0 fully saturated rings. The average Bonchev–Trinajstić information content (AvgIpc) is 2.38. The first-order valence-corrected chi connectivity index (χ1v) is 6.14. The summed E-state index contributed by atoms with van der Waals surface area (Å²) in [6, 6.07) is 14.2. The van der Waals surface area contributed by atoms with Gasteiger partial charge in [0.25, 0.3) is 0 Å². The molecule has 0 aromatic heterocycles. The van der Waals surface area contributed by atoms with Crippen LogP contribution in [0.3, 0.4) is 0 Å². The second-order valence-corrected chi connectivity index (χ2v) is 4.52. The second kappa shape index (κ2) is 5.60. The van der Waals surface area contributed by atoms with Crippen molar-refractivity contribution < 1.29 is 14.1 Å². The van der Waals surface area contributed by atoms with Crippen LogP contribution >= 0.6 is 12.0 Å². The molecule has 0 saturated heterocycles. The Labute approximate surface area is 110 Å². The van der Waals surface area contributed by atoms with E-state index in [9.17, 15) is 9.90 Å². The highest BCUT2D eigenvalue weighted by Gasteiger charge is 2.08. The zero-order chi connectivity index (χ0) is 13.0. The van der Waals surface area contributed by atoms with Crippen LogP contribution in [-0.4, -0.2) is 10.9 Å². The normalized spacial score (nSPS) is 10.1. The van der Waals surface area contributed by atoms with E-state index in [0.29, 0.717) is 5.75 Å². The van der Waals surface area contributed by atoms with Gasteiger partial charge in [0.2, 0.25) is 0 Å². The standard InChI is InChI=1S/C14H12O3S/c1-10(15)13-9-11(7-8-14(13)16)17-18-12-5-3-2-4-6-12/h2-9,16H,1H3. The van der Waals surface area contributed by atoms with E-state index in [1.807, 2.05) is 30.3 Å². The minimum Gasteiger partial charge on any atom is -0.507 e. The summed E-state index contributed by atoms with van der Waals surface area (Å²) >= 11 is 1.21. The third-order valence-corrected chi connectivity index (χ3v) is 3.07. The third-order valence-electron chi connectivity index (χ3n) is 2.32. The number of carbonyl (C=O) groups is 1. The van der Waals surface area contributed by atoms with Crippen LogP contribution in [0, 0.1) is 0 Å². The summed E-state index contributed by atoms with van der Waals surface area (Å²) in [4.78, 5) is 12.2. The van der Waals surface area contributed by atoms with Crippen molar-refractivity contribution in [3.63, 3.8) is 0 Å². The lowest BCUT2D eigenvalue weighted by Crippen LogP contribution is -1.93. The van der Waals surface area contributed by atoms with E-state index in [1.54, 1.807) is 6.07 Å². The fourth-order valence-electron chi connectivity index (χ4n) is 1.42. The molecule has 0 heterocycles. The Bertz CT molecular complexity index is 552.